The van der Waals surface area contributed by atoms with Gasteiger partial charge in [-0.15, -0.1) is 0 Å². The lowest BCUT2D eigenvalue weighted by atomic mass is 10.3. The monoisotopic (exact) mass is 383 g/mol. The fourth-order valence-electron chi connectivity index (χ4n) is 2.60. The first-order valence-electron chi connectivity index (χ1n) is 8.31. The lowest BCUT2D eigenvalue weighted by molar-refractivity contribution is 0.171. The number of nitrogens with one attached hydrogen (secondary N) is 2. The van der Waals surface area contributed by atoms with E-state index in [4.69, 9.17) is 9.47 Å². The molecule has 138 valence electrons. The fraction of sp³-hybridized carbons (Fsp3) is 0.105. The second kappa shape index (κ2) is 7.16. The second-order valence-electron chi connectivity index (χ2n) is 5.83. The highest BCUT2D eigenvalue weighted by molar-refractivity contribution is 7.92. The van der Waals surface area contributed by atoms with Crippen LogP contribution in [0.15, 0.2) is 71.8 Å². The van der Waals surface area contributed by atoms with Crippen molar-refractivity contribution in [1.82, 2.24) is 4.98 Å². The SMILES string of the molecule is O=S(=O)(Nc1ccc(Nc2ccccc2)nc1)c1ccc2c(c1)OCCO2. The number of hydrogen-bond donors (Lipinski definition) is 2. The van der Waals surface area contributed by atoms with Gasteiger partial charge >= 0.3 is 0 Å². The van der Waals surface area contributed by atoms with Crippen LogP contribution < -0.4 is 19.5 Å². The molecule has 7 nitrogen and oxygen atoms in total. The minimum absolute atomic E-state index is 0.0956. The Labute approximate surface area is 157 Å². The molecule has 1 aliphatic heterocycles. The second-order valence-corrected chi connectivity index (χ2v) is 7.52. The zero-order valence-corrected chi connectivity index (χ0v) is 15.1. The van der Waals surface area contributed by atoms with Crippen molar-refractivity contribution in [1.29, 1.82) is 0 Å². The summed E-state index contributed by atoms with van der Waals surface area (Å²) >= 11 is 0. The molecule has 0 saturated heterocycles. The van der Waals surface area contributed by atoms with Crippen LogP contribution in [-0.2, 0) is 10.0 Å². The quantitative estimate of drug-likeness (QED) is 0.702. The Morgan fingerprint density at radius 3 is 2.37 bits per heavy atom. The van der Waals surface area contributed by atoms with Gasteiger partial charge in [0.25, 0.3) is 10.0 Å². The summed E-state index contributed by atoms with van der Waals surface area (Å²) in [5, 5.41) is 3.14. The van der Waals surface area contributed by atoms with Gasteiger partial charge in [0.15, 0.2) is 11.5 Å². The molecule has 0 fully saturated rings. The number of ether oxygens (including phenoxy) is 2. The van der Waals surface area contributed by atoms with Crippen LogP contribution in [0.2, 0.25) is 0 Å². The van der Waals surface area contributed by atoms with Crippen molar-refractivity contribution in [3.8, 4) is 11.5 Å². The fourth-order valence-corrected chi connectivity index (χ4v) is 3.66. The third kappa shape index (κ3) is 3.95. The van der Waals surface area contributed by atoms with E-state index in [-0.39, 0.29) is 4.90 Å². The van der Waals surface area contributed by atoms with E-state index in [2.05, 4.69) is 15.0 Å². The third-order valence-electron chi connectivity index (χ3n) is 3.89. The van der Waals surface area contributed by atoms with Crippen LogP contribution in [0.3, 0.4) is 0 Å². The van der Waals surface area contributed by atoms with Crippen molar-refractivity contribution < 1.29 is 17.9 Å². The Bertz CT molecular complexity index is 1040. The highest BCUT2D eigenvalue weighted by Gasteiger charge is 2.19. The molecule has 27 heavy (non-hydrogen) atoms. The Hall–Kier alpha value is -3.26. The smallest absolute Gasteiger partial charge is 0.262 e. The molecule has 2 aromatic carbocycles. The summed E-state index contributed by atoms with van der Waals surface area (Å²) in [6.45, 7) is 0.843. The van der Waals surface area contributed by atoms with E-state index in [1.165, 1.54) is 18.3 Å². The summed E-state index contributed by atoms with van der Waals surface area (Å²) in [6, 6.07) is 17.5. The summed E-state index contributed by atoms with van der Waals surface area (Å²) in [5.41, 5.74) is 1.26. The number of aromatic nitrogens is 1. The number of benzene rings is 2. The van der Waals surface area contributed by atoms with Crippen molar-refractivity contribution in [3.05, 3.63) is 66.9 Å². The van der Waals surface area contributed by atoms with Crippen molar-refractivity contribution in [2.45, 2.75) is 4.90 Å². The lowest BCUT2D eigenvalue weighted by Gasteiger charge is -2.19. The van der Waals surface area contributed by atoms with Crippen molar-refractivity contribution in [2.24, 2.45) is 0 Å². The van der Waals surface area contributed by atoms with Crippen LogP contribution in [0, 0.1) is 0 Å². The van der Waals surface area contributed by atoms with Crippen molar-refractivity contribution >= 4 is 27.2 Å². The van der Waals surface area contributed by atoms with E-state index in [9.17, 15) is 8.42 Å². The van der Waals surface area contributed by atoms with Gasteiger partial charge in [-0.1, -0.05) is 18.2 Å². The predicted octanol–water partition coefficient (Wildman–Crippen LogP) is 3.40. The number of para-hydroxylation sites is 1. The molecule has 0 spiro atoms. The molecule has 4 rings (SSSR count). The van der Waals surface area contributed by atoms with Gasteiger partial charge in [0.05, 0.1) is 16.8 Å². The number of rotatable bonds is 5. The van der Waals surface area contributed by atoms with Gasteiger partial charge in [0.1, 0.15) is 19.0 Å². The summed E-state index contributed by atoms with van der Waals surface area (Å²) in [6.07, 6.45) is 1.46. The first kappa shape index (κ1) is 17.2. The van der Waals surface area contributed by atoms with E-state index in [1.807, 2.05) is 30.3 Å². The first-order valence-corrected chi connectivity index (χ1v) is 9.79. The molecule has 8 heteroatoms. The van der Waals surface area contributed by atoms with Crippen molar-refractivity contribution in [3.63, 3.8) is 0 Å². The molecule has 1 aliphatic rings. The molecule has 3 aromatic rings. The largest absolute Gasteiger partial charge is 0.486 e. The number of fused-ring (bicyclic) bond motifs is 1. The number of nitrogens with zero attached hydrogens (tertiary/aromatic N) is 1. The van der Waals surface area contributed by atoms with Crippen LogP contribution in [0.4, 0.5) is 17.2 Å². The van der Waals surface area contributed by atoms with Crippen LogP contribution in [-0.4, -0.2) is 26.6 Å². The molecule has 2 heterocycles. The van der Waals surface area contributed by atoms with Gasteiger partial charge in [-0.25, -0.2) is 13.4 Å². The maximum atomic E-state index is 12.6. The predicted molar refractivity (Wildman–Crippen MR) is 102 cm³/mol. The maximum Gasteiger partial charge on any atom is 0.262 e. The zero-order chi connectivity index (χ0) is 18.7. The van der Waals surface area contributed by atoms with Gasteiger partial charge in [0.2, 0.25) is 0 Å². The Kier molecular flexibility index (Phi) is 4.55. The minimum atomic E-state index is -3.76. The molecule has 0 bridgehead atoms. The maximum absolute atomic E-state index is 12.6. The van der Waals surface area contributed by atoms with Crippen LogP contribution in [0.5, 0.6) is 11.5 Å². The molecular formula is C19H17N3O4S. The van der Waals surface area contributed by atoms with Gasteiger partial charge in [-0.3, -0.25) is 4.72 Å². The molecule has 0 unspecified atom stereocenters. The minimum Gasteiger partial charge on any atom is -0.486 e. The molecule has 0 aliphatic carbocycles. The Morgan fingerprint density at radius 1 is 0.852 bits per heavy atom. The highest BCUT2D eigenvalue weighted by atomic mass is 32.2. The lowest BCUT2D eigenvalue weighted by Crippen LogP contribution is -2.17. The summed E-state index contributed by atoms with van der Waals surface area (Å²) < 4.78 is 38.6. The van der Waals surface area contributed by atoms with Crippen molar-refractivity contribution in [2.75, 3.05) is 23.3 Å². The van der Waals surface area contributed by atoms with E-state index in [0.717, 1.165) is 5.69 Å². The number of hydrogen-bond acceptors (Lipinski definition) is 6. The molecule has 0 saturated carbocycles. The molecule has 1 aromatic heterocycles. The normalized spacial score (nSPS) is 13.0. The molecule has 0 atom stereocenters. The van der Waals surface area contributed by atoms with Gasteiger partial charge in [0, 0.05) is 11.8 Å². The zero-order valence-electron chi connectivity index (χ0n) is 14.3. The Balaban J connectivity index is 1.49. The topological polar surface area (TPSA) is 89.6 Å². The summed E-state index contributed by atoms with van der Waals surface area (Å²) in [7, 11) is -3.76. The number of sulfonamides is 1. The van der Waals surface area contributed by atoms with Gasteiger partial charge in [-0.2, -0.15) is 0 Å². The average molecular weight is 383 g/mol. The molecule has 2 N–H and O–H groups in total. The number of anilines is 3. The Morgan fingerprint density at radius 2 is 1.63 bits per heavy atom. The summed E-state index contributed by atoms with van der Waals surface area (Å²) in [4.78, 5) is 4.33. The molecule has 0 amide bonds. The molecule has 0 radical (unpaired) electrons. The van der Waals surface area contributed by atoms with E-state index in [1.54, 1.807) is 18.2 Å². The van der Waals surface area contributed by atoms with Crippen LogP contribution in [0.25, 0.3) is 0 Å². The standard InChI is InChI=1S/C19H17N3O4S/c23-27(24,16-7-8-17-18(12-16)26-11-10-25-17)22-15-6-9-19(20-13-15)21-14-4-2-1-3-5-14/h1-9,12-13,22H,10-11H2,(H,20,21). The van der Waals surface area contributed by atoms with Gasteiger partial charge in [-0.05, 0) is 36.4 Å². The average Bonchev–Trinajstić information content (AvgIpc) is 2.70. The highest BCUT2D eigenvalue weighted by Crippen LogP contribution is 2.32. The summed E-state index contributed by atoms with van der Waals surface area (Å²) in [5.74, 6) is 1.58. The first-order chi connectivity index (χ1) is 13.1. The third-order valence-corrected chi connectivity index (χ3v) is 5.26. The van der Waals surface area contributed by atoms with E-state index in [0.29, 0.717) is 36.2 Å². The number of pyridine rings is 1. The van der Waals surface area contributed by atoms with Crippen LogP contribution in [0.1, 0.15) is 0 Å². The molecular weight excluding hydrogens is 366 g/mol. The van der Waals surface area contributed by atoms with E-state index < -0.39 is 10.0 Å². The van der Waals surface area contributed by atoms with Gasteiger partial charge < -0.3 is 14.8 Å². The van der Waals surface area contributed by atoms with E-state index >= 15 is 0 Å². The van der Waals surface area contributed by atoms with Crippen LogP contribution >= 0.6 is 0 Å².